The van der Waals surface area contributed by atoms with E-state index in [0.29, 0.717) is 0 Å². The zero-order valence-corrected chi connectivity index (χ0v) is 15.6. The summed E-state index contributed by atoms with van der Waals surface area (Å²) in [7, 11) is 2.82. The van der Waals surface area contributed by atoms with E-state index in [1.807, 2.05) is 36.4 Å². The number of nitrogens with zero attached hydrogens (tertiary/aromatic N) is 1. The van der Waals surface area contributed by atoms with Gasteiger partial charge in [-0.3, -0.25) is 4.90 Å². The molecule has 1 aliphatic rings. The molecule has 2 atom stereocenters. The molecule has 0 radical (unpaired) electrons. The number of fused-ring (bicyclic) bond motifs is 3. The molecule has 0 bridgehead atoms. The molecule has 0 saturated carbocycles. The van der Waals surface area contributed by atoms with Crippen molar-refractivity contribution in [2.24, 2.45) is 0 Å². The third-order valence-corrected chi connectivity index (χ3v) is 5.11. The number of benzene rings is 2. The average molecular weight is 369 g/mol. The van der Waals surface area contributed by atoms with Gasteiger partial charge in [-0.25, -0.2) is 9.59 Å². The molecule has 0 spiro atoms. The predicted molar refractivity (Wildman–Crippen MR) is 101 cm³/mol. The molecule has 1 amide bonds. The Bertz CT molecular complexity index is 804. The highest BCUT2D eigenvalue weighted by Gasteiger charge is 2.34. The lowest BCUT2D eigenvalue weighted by Crippen LogP contribution is -2.49. The van der Waals surface area contributed by atoms with Gasteiger partial charge in [0.25, 0.3) is 0 Å². The number of carboxylic acids is 1. The van der Waals surface area contributed by atoms with Crippen LogP contribution in [-0.4, -0.2) is 55.0 Å². The first-order valence-corrected chi connectivity index (χ1v) is 8.79. The Balaban J connectivity index is 1.77. The summed E-state index contributed by atoms with van der Waals surface area (Å²) in [4.78, 5) is 25.1. The van der Waals surface area contributed by atoms with Crippen LogP contribution in [0.15, 0.2) is 48.5 Å². The van der Waals surface area contributed by atoms with Crippen molar-refractivity contribution in [3.8, 4) is 11.1 Å². The zero-order chi connectivity index (χ0) is 19.6. The number of ether oxygens (including phenoxy) is 2. The lowest BCUT2D eigenvalue weighted by Gasteiger charge is -2.28. The summed E-state index contributed by atoms with van der Waals surface area (Å²) in [6.07, 6.45) is -1.35. The molecule has 0 unspecified atom stereocenters. The molecule has 27 heavy (non-hydrogen) atoms. The van der Waals surface area contributed by atoms with E-state index in [1.165, 1.54) is 14.2 Å². The first-order valence-electron chi connectivity index (χ1n) is 8.79. The third-order valence-electron chi connectivity index (χ3n) is 5.11. The molecule has 0 aliphatic heterocycles. The van der Waals surface area contributed by atoms with Crippen LogP contribution in [0.5, 0.6) is 0 Å². The van der Waals surface area contributed by atoms with Crippen LogP contribution < -0.4 is 0 Å². The number of amides is 1. The molecule has 1 N–H and O–H groups in total. The molecular weight excluding hydrogens is 346 g/mol. The smallest absolute Gasteiger partial charge is 0.410 e. The summed E-state index contributed by atoms with van der Waals surface area (Å²) in [5.74, 6) is -1.21. The van der Waals surface area contributed by atoms with E-state index in [9.17, 15) is 14.7 Å². The fourth-order valence-electron chi connectivity index (χ4n) is 3.62. The van der Waals surface area contributed by atoms with Crippen LogP contribution in [0.25, 0.3) is 11.1 Å². The highest BCUT2D eigenvalue weighted by Crippen LogP contribution is 2.44. The maximum atomic E-state index is 12.5. The Morgan fingerprint density at radius 3 is 2.07 bits per heavy atom. The number of rotatable bonds is 6. The van der Waals surface area contributed by atoms with Crippen LogP contribution in [-0.2, 0) is 14.3 Å². The Labute approximate surface area is 158 Å². The molecule has 6 heteroatoms. The normalized spacial score (nSPS) is 14.8. The van der Waals surface area contributed by atoms with E-state index in [0.717, 1.165) is 27.2 Å². The van der Waals surface area contributed by atoms with Crippen LogP contribution in [0.2, 0.25) is 0 Å². The molecule has 6 nitrogen and oxygen atoms in total. The maximum Gasteiger partial charge on any atom is 0.410 e. The van der Waals surface area contributed by atoms with Crippen molar-refractivity contribution in [3.05, 3.63) is 59.7 Å². The fraction of sp³-hybridized carbons (Fsp3) is 0.333. The Morgan fingerprint density at radius 2 is 1.59 bits per heavy atom. The number of carboxylic acid groups (broad SMARTS) is 1. The number of methoxy groups -OCH3 is 1. The summed E-state index contributed by atoms with van der Waals surface area (Å²) >= 11 is 0. The van der Waals surface area contributed by atoms with E-state index in [2.05, 4.69) is 12.1 Å². The van der Waals surface area contributed by atoms with E-state index < -0.39 is 24.2 Å². The highest BCUT2D eigenvalue weighted by molar-refractivity contribution is 5.81. The minimum atomic E-state index is -1.14. The summed E-state index contributed by atoms with van der Waals surface area (Å²) < 4.78 is 10.6. The first kappa shape index (κ1) is 18.9. The van der Waals surface area contributed by atoms with E-state index in [-0.39, 0.29) is 12.5 Å². The lowest BCUT2D eigenvalue weighted by molar-refractivity contribution is -0.146. The van der Waals surface area contributed by atoms with Crippen molar-refractivity contribution in [1.82, 2.24) is 4.90 Å². The van der Waals surface area contributed by atoms with Gasteiger partial charge < -0.3 is 14.6 Å². The Morgan fingerprint density at radius 1 is 1.07 bits per heavy atom. The molecule has 3 rings (SSSR count). The monoisotopic (exact) mass is 369 g/mol. The number of hydrogen-bond acceptors (Lipinski definition) is 4. The Kier molecular flexibility index (Phi) is 5.46. The minimum Gasteiger partial charge on any atom is -0.480 e. The second kappa shape index (κ2) is 7.80. The summed E-state index contributed by atoms with van der Waals surface area (Å²) in [5.41, 5.74) is 4.49. The minimum absolute atomic E-state index is 0.0714. The highest BCUT2D eigenvalue weighted by atomic mass is 16.6. The molecule has 1 aliphatic carbocycles. The third kappa shape index (κ3) is 3.53. The molecule has 2 aromatic rings. The molecular formula is C21H23NO5. The van der Waals surface area contributed by atoms with Gasteiger partial charge in [0.1, 0.15) is 6.61 Å². The number of aliphatic carboxylic acids is 1. The number of carbonyl (C=O) groups excluding carboxylic acids is 1. The topological polar surface area (TPSA) is 76.1 Å². The molecule has 2 aromatic carbocycles. The second-order valence-corrected chi connectivity index (χ2v) is 6.64. The van der Waals surface area contributed by atoms with Gasteiger partial charge in [-0.2, -0.15) is 0 Å². The van der Waals surface area contributed by atoms with Gasteiger partial charge in [-0.1, -0.05) is 48.5 Å². The lowest BCUT2D eigenvalue weighted by atomic mass is 9.98. The van der Waals surface area contributed by atoms with Crippen molar-refractivity contribution in [1.29, 1.82) is 0 Å². The molecule has 0 aromatic heterocycles. The number of carbonyl (C=O) groups is 2. The van der Waals surface area contributed by atoms with Gasteiger partial charge >= 0.3 is 12.1 Å². The van der Waals surface area contributed by atoms with Gasteiger partial charge in [0.2, 0.25) is 0 Å². The maximum absolute atomic E-state index is 12.5. The standard InChI is InChI=1S/C21H23NO5/c1-13(26-3)19(20(23)24)22(2)21(25)27-12-18-16-10-6-4-8-14(16)15-9-5-7-11-17(15)18/h4-11,13,18-19H,12H2,1-3H3,(H,23,24)/t13-,19-/m0/s1. The first-order chi connectivity index (χ1) is 13.0. The average Bonchev–Trinajstić information content (AvgIpc) is 2.99. The zero-order valence-electron chi connectivity index (χ0n) is 15.6. The van der Waals surface area contributed by atoms with Crippen molar-refractivity contribution in [2.45, 2.75) is 25.0 Å². The summed E-state index contributed by atoms with van der Waals surface area (Å²) in [6, 6.07) is 15.0. The van der Waals surface area contributed by atoms with E-state index in [4.69, 9.17) is 9.47 Å². The largest absolute Gasteiger partial charge is 0.480 e. The number of likely N-dealkylation sites (N-methyl/N-ethyl adjacent to an activating group) is 1. The summed E-state index contributed by atoms with van der Waals surface area (Å²) in [6.45, 7) is 1.75. The van der Waals surface area contributed by atoms with Crippen LogP contribution in [0.3, 0.4) is 0 Å². The Hall–Kier alpha value is -2.86. The van der Waals surface area contributed by atoms with E-state index >= 15 is 0 Å². The molecule has 142 valence electrons. The predicted octanol–water partition coefficient (Wildman–Crippen LogP) is 3.36. The van der Waals surface area contributed by atoms with Crippen molar-refractivity contribution in [2.75, 3.05) is 20.8 Å². The second-order valence-electron chi connectivity index (χ2n) is 6.64. The van der Waals surface area contributed by atoms with E-state index in [1.54, 1.807) is 6.92 Å². The SMILES string of the molecule is CO[C@@H](C)[C@@H](C(=O)O)N(C)C(=O)OCC1c2ccccc2-c2ccccc21. The van der Waals surface area contributed by atoms with Gasteiger partial charge in [0.15, 0.2) is 6.04 Å². The van der Waals surface area contributed by atoms with Crippen LogP contribution in [0, 0.1) is 0 Å². The molecule has 0 fully saturated rings. The van der Waals surface area contributed by atoms with Crippen molar-refractivity contribution < 1.29 is 24.2 Å². The molecule has 0 saturated heterocycles. The van der Waals surface area contributed by atoms with Gasteiger partial charge in [0, 0.05) is 20.1 Å². The van der Waals surface area contributed by atoms with Crippen LogP contribution in [0.1, 0.15) is 24.0 Å². The van der Waals surface area contributed by atoms with Gasteiger partial charge in [0.05, 0.1) is 6.10 Å². The van der Waals surface area contributed by atoms with Crippen LogP contribution >= 0.6 is 0 Å². The van der Waals surface area contributed by atoms with Gasteiger partial charge in [-0.05, 0) is 29.2 Å². The van der Waals surface area contributed by atoms with Gasteiger partial charge in [-0.15, -0.1) is 0 Å². The van der Waals surface area contributed by atoms with Crippen molar-refractivity contribution in [3.63, 3.8) is 0 Å². The quantitative estimate of drug-likeness (QED) is 0.845. The van der Waals surface area contributed by atoms with Crippen molar-refractivity contribution >= 4 is 12.1 Å². The summed E-state index contributed by atoms with van der Waals surface area (Å²) in [5, 5.41) is 9.40. The number of hydrogen-bond donors (Lipinski definition) is 1. The molecule has 0 heterocycles. The van der Waals surface area contributed by atoms with Crippen LogP contribution in [0.4, 0.5) is 4.79 Å². The fourth-order valence-corrected chi connectivity index (χ4v) is 3.62.